The number of nitrogens with zero attached hydrogens (tertiary/aromatic N) is 1. The zero-order valence-electron chi connectivity index (χ0n) is 7.32. The third kappa shape index (κ3) is 5.67. The average Bonchev–Trinajstić information content (AvgIpc) is 2.03. The third-order valence-electron chi connectivity index (χ3n) is 1.34. The maximum atomic E-state index is 11.0. The van der Waals surface area contributed by atoms with Gasteiger partial charge < -0.3 is 9.84 Å². The summed E-state index contributed by atoms with van der Waals surface area (Å²) in [5.74, 6) is -2.27. The number of rotatable bonds is 5. The van der Waals surface area contributed by atoms with E-state index in [4.69, 9.17) is 10.4 Å². The van der Waals surface area contributed by atoms with E-state index in [1.165, 1.54) is 6.92 Å². The Morgan fingerprint density at radius 2 is 2.23 bits per heavy atom. The van der Waals surface area contributed by atoms with Gasteiger partial charge >= 0.3 is 11.9 Å². The Morgan fingerprint density at radius 1 is 1.62 bits per heavy atom. The Labute approximate surface area is 75.9 Å². The molecule has 0 amide bonds. The summed E-state index contributed by atoms with van der Waals surface area (Å²) < 4.78 is 4.62. The van der Waals surface area contributed by atoms with E-state index in [0.29, 0.717) is 0 Å². The highest BCUT2D eigenvalue weighted by atomic mass is 16.5. The molecule has 72 valence electrons. The normalized spacial score (nSPS) is 11.4. The molecule has 1 unspecified atom stereocenters. The van der Waals surface area contributed by atoms with Crippen molar-refractivity contribution in [3.05, 3.63) is 0 Å². The van der Waals surface area contributed by atoms with E-state index in [-0.39, 0.29) is 19.4 Å². The molecule has 0 aliphatic rings. The van der Waals surface area contributed by atoms with Gasteiger partial charge in [-0.1, -0.05) is 6.92 Å². The van der Waals surface area contributed by atoms with Crippen molar-refractivity contribution < 1.29 is 19.4 Å². The molecule has 0 aromatic heterocycles. The topological polar surface area (TPSA) is 87.4 Å². The van der Waals surface area contributed by atoms with Crippen molar-refractivity contribution in [3.8, 4) is 6.07 Å². The predicted octanol–water partition coefficient (Wildman–Crippen LogP) is 0.554. The Hall–Kier alpha value is -1.57. The maximum Gasteiger partial charge on any atom is 0.309 e. The first kappa shape index (κ1) is 11.4. The van der Waals surface area contributed by atoms with Crippen molar-refractivity contribution in [3.63, 3.8) is 0 Å². The number of carbonyl (C=O) groups excluding carboxylic acids is 1. The van der Waals surface area contributed by atoms with Crippen LogP contribution in [0.25, 0.3) is 0 Å². The van der Waals surface area contributed by atoms with Crippen molar-refractivity contribution in [1.29, 1.82) is 5.26 Å². The van der Waals surface area contributed by atoms with Gasteiger partial charge in [0, 0.05) is 0 Å². The standard InChI is InChI=1S/C8H11NO4/c1-6(5-7(10)11)8(12)13-4-2-3-9/h6H,2,4-5H2,1H3,(H,10,11). The van der Waals surface area contributed by atoms with Crippen LogP contribution in [0.4, 0.5) is 0 Å². The van der Waals surface area contributed by atoms with E-state index < -0.39 is 17.9 Å². The van der Waals surface area contributed by atoms with Crippen LogP contribution in [0, 0.1) is 17.2 Å². The van der Waals surface area contributed by atoms with Gasteiger partial charge in [0.25, 0.3) is 0 Å². The fraction of sp³-hybridized carbons (Fsp3) is 0.625. The summed E-state index contributed by atoms with van der Waals surface area (Å²) in [6.45, 7) is 1.50. The molecule has 1 N–H and O–H groups in total. The highest BCUT2D eigenvalue weighted by Gasteiger charge is 2.17. The van der Waals surface area contributed by atoms with Crippen molar-refractivity contribution in [2.45, 2.75) is 19.8 Å². The van der Waals surface area contributed by atoms with Gasteiger partial charge in [-0.05, 0) is 0 Å². The highest BCUT2D eigenvalue weighted by molar-refractivity contribution is 5.78. The largest absolute Gasteiger partial charge is 0.481 e. The van der Waals surface area contributed by atoms with Gasteiger partial charge in [0.1, 0.15) is 6.61 Å². The van der Waals surface area contributed by atoms with Crippen molar-refractivity contribution in [1.82, 2.24) is 0 Å². The minimum absolute atomic E-state index is 0.0271. The molecule has 0 aromatic carbocycles. The summed E-state index contributed by atoms with van der Waals surface area (Å²) >= 11 is 0. The molecule has 5 nitrogen and oxygen atoms in total. The van der Waals surface area contributed by atoms with Gasteiger partial charge in [0.05, 0.1) is 24.8 Å². The highest BCUT2D eigenvalue weighted by Crippen LogP contribution is 2.04. The second-order valence-corrected chi connectivity index (χ2v) is 2.57. The van der Waals surface area contributed by atoms with Gasteiger partial charge in [-0.2, -0.15) is 5.26 Å². The Balaban J connectivity index is 3.71. The molecular weight excluding hydrogens is 174 g/mol. The van der Waals surface area contributed by atoms with Crippen LogP contribution in [0.2, 0.25) is 0 Å². The van der Waals surface area contributed by atoms with Crippen LogP contribution >= 0.6 is 0 Å². The second kappa shape index (κ2) is 6.00. The number of ether oxygens (including phenoxy) is 1. The van der Waals surface area contributed by atoms with E-state index in [1.54, 1.807) is 0 Å². The molecule has 0 spiro atoms. The molecule has 13 heavy (non-hydrogen) atoms. The molecule has 1 atom stereocenters. The lowest BCUT2D eigenvalue weighted by Gasteiger charge is -2.07. The van der Waals surface area contributed by atoms with Crippen LogP contribution in [-0.4, -0.2) is 23.7 Å². The second-order valence-electron chi connectivity index (χ2n) is 2.57. The summed E-state index contributed by atoms with van der Waals surface area (Å²) in [4.78, 5) is 21.1. The number of carbonyl (C=O) groups is 2. The molecule has 0 radical (unpaired) electrons. The van der Waals surface area contributed by atoms with E-state index in [9.17, 15) is 9.59 Å². The van der Waals surface area contributed by atoms with Crippen LogP contribution < -0.4 is 0 Å². The quantitative estimate of drug-likeness (QED) is 0.499. The van der Waals surface area contributed by atoms with Crippen LogP contribution in [0.5, 0.6) is 0 Å². The molecule has 5 heteroatoms. The molecule has 0 saturated heterocycles. The molecule has 0 bridgehead atoms. The first-order valence-corrected chi connectivity index (χ1v) is 3.83. The molecule has 0 aliphatic heterocycles. The molecule has 0 saturated carbocycles. The first-order valence-electron chi connectivity index (χ1n) is 3.83. The van der Waals surface area contributed by atoms with E-state index in [1.807, 2.05) is 6.07 Å². The molecule has 0 aromatic rings. The van der Waals surface area contributed by atoms with Crippen LogP contribution in [0.3, 0.4) is 0 Å². The lowest BCUT2D eigenvalue weighted by Crippen LogP contribution is -2.18. The fourth-order valence-corrected chi connectivity index (χ4v) is 0.685. The predicted molar refractivity (Wildman–Crippen MR) is 42.6 cm³/mol. The maximum absolute atomic E-state index is 11.0. The van der Waals surface area contributed by atoms with Crippen molar-refractivity contribution >= 4 is 11.9 Å². The van der Waals surface area contributed by atoms with Gasteiger partial charge in [-0.25, -0.2) is 0 Å². The van der Waals surface area contributed by atoms with Gasteiger partial charge in [-0.15, -0.1) is 0 Å². The SMILES string of the molecule is CC(CC(=O)O)C(=O)OCCC#N. The Kier molecular flexibility index (Phi) is 5.28. The summed E-state index contributed by atoms with van der Waals surface area (Å²) in [7, 11) is 0. The van der Waals surface area contributed by atoms with Crippen molar-refractivity contribution in [2.75, 3.05) is 6.61 Å². The lowest BCUT2D eigenvalue weighted by atomic mass is 10.1. The van der Waals surface area contributed by atoms with E-state index in [2.05, 4.69) is 4.74 Å². The van der Waals surface area contributed by atoms with Gasteiger partial charge in [0.2, 0.25) is 0 Å². The summed E-state index contributed by atoms with van der Waals surface area (Å²) in [5.41, 5.74) is 0. The zero-order valence-corrected chi connectivity index (χ0v) is 7.32. The number of esters is 1. The van der Waals surface area contributed by atoms with E-state index >= 15 is 0 Å². The zero-order chi connectivity index (χ0) is 10.3. The van der Waals surface area contributed by atoms with Gasteiger partial charge in [0.15, 0.2) is 0 Å². The molecular formula is C8H11NO4. The summed E-state index contributed by atoms with van der Waals surface area (Å²) in [5, 5.41) is 16.5. The van der Waals surface area contributed by atoms with Crippen LogP contribution in [0.1, 0.15) is 19.8 Å². The Morgan fingerprint density at radius 3 is 2.69 bits per heavy atom. The minimum atomic E-state index is -1.04. The lowest BCUT2D eigenvalue weighted by molar-refractivity contribution is -0.152. The fourth-order valence-electron chi connectivity index (χ4n) is 0.685. The average molecular weight is 185 g/mol. The monoisotopic (exact) mass is 185 g/mol. The number of carboxylic acid groups (broad SMARTS) is 1. The Bertz CT molecular complexity index is 231. The third-order valence-corrected chi connectivity index (χ3v) is 1.34. The summed E-state index contributed by atoms with van der Waals surface area (Å²) in [6.07, 6.45) is -0.114. The molecule has 0 fully saturated rings. The number of hydrogen-bond donors (Lipinski definition) is 1. The number of hydrogen-bond acceptors (Lipinski definition) is 4. The van der Waals surface area contributed by atoms with Crippen molar-refractivity contribution in [2.24, 2.45) is 5.92 Å². The van der Waals surface area contributed by atoms with E-state index in [0.717, 1.165) is 0 Å². The van der Waals surface area contributed by atoms with Crippen LogP contribution in [0.15, 0.2) is 0 Å². The summed E-state index contributed by atoms with van der Waals surface area (Å²) in [6, 6.07) is 1.81. The molecule has 0 heterocycles. The molecule has 0 rings (SSSR count). The smallest absolute Gasteiger partial charge is 0.309 e. The molecule has 0 aliphatic carbocycles. The number of carboxylic acids is 1. The number of nitriles is 1. The first-order chi connectivity index (χ1) is 6.07. The van der Waals surface area contributed by atoms with Gasteiger partial charge in [-0.3, -0.25) is 9.59 Å². The number of aliphatic carboxylic acids is 1. The minimum Gasteiger partial charge on any atom is -0.481 e. The van der Waals surface area contributed by atoms with Crippen LogP contribution in [-0.2, 0) is 14.3 Å².